The molecule has 0 spiro atoms. The van der Waals surface area contributed by atoms with Crippen LogP contribution in [0.25, 0.3) is 0 Å². The highest BCUT2D eigenvalue weighted by atomic mass is 16.6. The van der Waals surface area contributed by atoms with Crippen LogP contribution in [0.5, 0.6) is 0 Å². The standard InChI is InChI=1S/C14H17NO4/c16-13(17)8-7-12(11-5-2-1-3-6-11)15-9-4-10-19-14(15)18/h1-3,5-6,12H,4,7-10H2,(H,16,17). The van der Waals surface area contributed by atoms with Gasteiger partial charge >= 0.3 is 12.1 Å². The second kappa shape index (κ2) is 6.22. The summed E-state index contributed by atoms with van der Waals surface area (Å²) >= 11 is 0. The summed E-state index contributed by atoms with van der Waals surface area (Å²) in [6.45, 7) is 1.05. The van der Waals surface area contributed by atoms with Gasteiger partial charge in [-0.3, -0.25) is 4.79 Å². The maximum absolute atomic E-state index is 11.8. The molecule has 1 aromatic rings. The number of carbonyl (C=O) groups is 2. The van der Waals surface area contributed by atoms with Gasteiger partial charge in [-0.15, -0.1) is 0 Å². The van der Waals surface area contributed by atoms with E-state index in [9.17, 15) is 9.59 Å². The van der Waals surface area contributed by atoms with Crippen LogP contribution in [0.1, 0.15) is 30.9 Å². The first-order chi connectivity index (χ1) is 9.18. The lowest BCUT2D eigenvalue weighted by molar-refractivity contribution is -0.137. The van der Waals surface area contributed by atoms with Crippen LogP contribution < -0.4 is 0 Å². The Labute approximate surface area is 111 Å². The van der Waals surface area contributed by atoms with Crippen molar-refractivity contribution in [2.24, 2.45) is 0 Å². The summed E-state index contributed by atoms with van der Waals surface area (Å²) in [7, 11) is 0. The number of nitrogens with zero attached hydrogens (tertiary/aromatic N) is 1. The zero-order chi connectivity index (χ0) is 13.7. The second-order valence-corrected chi connectivity index (χ2v) is 4.52. The number of hydrogen-bond acceptors (Lipinski definition) is 3. The molecule has 0 bridgehead atoms. The number of ether oxygens (including phenoxy) is 1. The third-order valence-corrected chi connectivity index (χ3v) is 3.20. The minimum atomic E-state index is -0.855. The van der Waals surface area contributed by atoms with Crippen molar-refractivity contribution in [3.63, 3.8) is 0 Å². The van der Waals surface area contributed by atoms with Crippen LogP contribution in [0.3, 0.4) is 0 Å². The molecular formula is C14H17NO4. The molecule has 1 heterocycles. The van der Waals surface area contributed by atoms with Crippen LogP contribution in [0.15, 0.2) is 30.3 Å². The molecule has 102 valence electrons. The van der Waals surface area contributed by atoms with Crippen molar-refractivity contribution in [3.8, 4) is 0 Å². The Kier molecular flexibility index (Phi) is 4.39. The third kappa shape index (κ3) is 3.47. The lowest BCUT2D eigenvalue weighted by atomic mass is 10.00. The minimum absolute atomic E-state index is 0.0311. The predicted octanol–water partition coefficient (Wildman–Crippen LogP) is 2.43. The summed E-state index contributed by atoms with van der Waals surface area (Å²) in [6, 6.07) is 9.26. The van der Waals surface area contributed by atoms with Gasteiger partial charge in [0.05, 0.1) is 12.6 Å². The third-order valence-electron chi connectivity index (χ3n) is 3.20. The van der Waals surface area contributed by atoms with Crippen LogP contribution in [-0.4, -0.2) is 35.2 Å². The number of benzene rings is 1. The molecule has 1 aliphatic rings. The molecule has 1 fully saturated rings. The van der Waals surface area contributed by atoms with Crippen LogP contribution >= 0.6 is 0 Å². The summed E-state index contributed by atoms with van der Waals surface area (Å²) in [6.07, 6.45) is 0.852. The Balaban J connectivity index is 2.18. The zero-order valence-corrected chi connectivity index (χ0v) is 10.6. The normalized spacial score (nSPS) is 16.8. The van der Waals surface area contributed by atoms with Crippen molar-refractivity contribution in [2.75, 3.05) is 13.2 Å². The van der Waals surface area contributed by atoms with E-state index in [1.165, 1.54) is 0 Å². The first-order valence-corrected chi connectivity index (χ1v) is 6.38. The van der Waals surface area contributed by atoms with Crippen LogP contribution in [0.4, 0.5) is 4.79 Å². The molecule has 1 aliphatic heterocycles. The Morgan fingerprint density at radius 3 is 2.74 bits per heavy atom. The molecule has 0 aromatic heterocycles. The average molecular weight is 263 g/mol. The topological polar surface area (TPSA) is 66.8 Å². The van der Waals surface area contributed by atoms with Crippen molar-refractivity contribution in [1.29, 1.82) is 0 Å². The fourth-order valence-corrected chi connectivity index (χ4v) is 2.29. The molecule has 1 N–H and O–H groups in total. The van der Waals surface area contributed by atoms with E-state index < -0.39 is 5.97 Å². The molecule has 19 heavy (non-hydrogen) atoms. The van der Waals surface area contributed by atoms with Gasteiger partial charge < -0.3 is 14.7 Å². The first-order valence-electron chi connectivity index (χ1n) is 6.38. The van der Waals surface area contributed by atoms with Gasteiger partial charge in [0.15, 0.2) is 0 Å². The zero-order valence-electron chi connectivity index (χ0n) is 10.6. The van der Waals surface area contributed by atoms with Crippen molar-refractivity contribution in [3.05, 3.63) is 35.9 Å². The minimum Gasteiger partial charge on any atom is -0.481 e. The number of aliphatic carboxylic acids is 1. The van der Waals surface area contributed by atoms with E-state index in [0.717, 1.165) is 12.0 Å². The molecule has 1 saturated heterocycles. The van der Waals surface area contributed by atoms with Crippen LogP contribution in [-0.2, 0) is 9.53 Å². The Morgan fingerprint density at radius 2 is 2.11 bits per heavy atom. The number of carboxylic acid groups (broad SMARTS) is 1. The van der Waals surface area contributed by atoms with Crippen LogP contribution in [0, 0.1) is 0 Å². The second-order valence-electron chi connectivity index (χ2n) is 4.52. The van der Waals surface area contributed by atoms with Crippen molar-refractivity contribution < 1.29 is 19.4 Å². The smallest absolute Gasteiger partial charge is 0.410 e. The largest absolute Gasteiger partial charge is 0.481 e. The maximum atomic E-state index is 11.8. The van der Waals surface area contributed by atoms with Gasteiger partial charge in [0.2, 0.25) is 0 Å². The fraction of sp³-hybridized carbons (Fsp3) is 0.429. The molecule has 0 saturated carbocycles. The average Bonchev–Trinajstić information content (AvgIpc) is 2.42. The SMILES string of the molecule is O=C(O)CCC(c1ccccc1)N1CCCOC1=O. The molecule has 1 aromatic carbocycles. The highest BCUT2D eigenvalue weighted by Crippen LogP contribution is 2.28. The van der Waals surface area contributed by atoms with Gasteiger partial charge in [0.1, 0.15) is 0 Å². The van der Waals surface area contributed by atoms with E-state index in [1.54, 1.807) is 4.90 Å². The molecule has 5 nitrogen and oxygen atoms in total. The van der Waals surface area contributed by atoms with Gasteiger partial charge in [0, 0.05) is 13.0 Å². The van der Waals surface area contributed by atoms with E-state index in [1.807, 2.05) is 30.3 Å². The molecule has 0 aliphatic carbocycles. The number of amides is 1. The summed E-state index contributed by atoms with van der Waals surface area (Å²) < 4.78 is 5.04. The van der Waals surface area contributed by atoms with Crippen LogP contribution in [0.2, 0.25) is 0 Å². The van der Waals surface area contributed by atoms with E-state index in [0.29, 0.717) is 19.6 Å². The monoisotopic (exact) mass is 263 g/mol. The lowest BCUT2D eigenvalue weighted by Gasteiger charge is -2.34. The van der Waals surface area contributed by atoms with Crippen molar-refractivity contribution in [1.82, 2.24) is 4.90 Å². The quantitative estimate of drug-likeness (QED) is 0.886. The Bertz CT molecular complexity index is 446. The lowest BCUT2D eigenvalue weighted by Crippen LogP contribution is -2.40. The van der Waals surface area contributed by atoms with E-state index >= 15 is 0 Å². The summed E-state index contributed by atoms with van der Waals surface area (Å²) in [5.74, 6) is -0.855. The van der Waals surface area contributed by atoms with Crippen molar-refractivity contribution >= 4 is 12.1 Å². The summed E-state index contributed by atoms with van der Waals surface area (Å²) in [4.78, 5) is 24.2. The molecule has 2 rings (SSSR count). The number of cyclic esters (lactones) is 1. The first kappa shape index (κ1) is 13.4. The molecule has 1 unspecified atom stereocenters. The predicted molar refractivity (Wildman–Crippen MR) is 68.7 cm³/mol. The van der Waals surface area contributed by atoms with Gasteiger partial charge in [-0.05, 0) is 18.4 Å². The van der Waals surface area contributed by atoms with E-state index in [2.05, 4.69) is 0 Å². The van der Waals surface area contributed by atoms with E-state index in [-0.39, 0.29) is 18.6 Å². The number of hydrogen-bond donors (Lipinski definition) is 1. The fourth-order valence-electron chi connectivity index (χ4n) is 2.29. The summed E-state index contributed by atoms with van der Waals surface area (Å²) in [5, 5.41) is 8.84. The molecule has 1 amide bonds. The van der Waals surface area contributed by atoms with E-state index in [4.69, 9.17) is 9.84 Å². The number of carboxylic acids is 1. The molecule has 5 heteroatoms. The molecule has 0 radical (unpaired) electrons. The Morgan fingerprint density at radius 1 is 1.37 bits per heavy atom. The van der Waals surface area contributed by atoms with Gasteiger partial charge in [-0.2, -0.15) is 0 Å². The molecule has 1 atom stereocenters. The van der Waals surface area contributed by atoms with Gasteiger partial charge in [-0.1, -0.05) is 30.3 Å². The highest BCUT2D eigenvalue weighted by Gasteiger charge is 2.28. The highest BCUT2D eigenvalue weighted by molar-refractivity contribution is 5.70. The summed E-state index contributed by atoms with van der Waals surface area (Å²) in [5.41, 5.74) is 0.947. The number of carbonyl (C=O) groups excluding carboxylic acids is 1. The Hall–Kier alpha value is -2.04. The van der Waals surface area contributed by atoms with Gasteiger partial charge in [0.25, 0.3) is 0 Å². The molecular weight excluding hydrogens is 246 g/mol. The van der Waals surface area contributed by atoms with Crippen molar-refractivity contribution in [2.45, 2.75) is 25.3 Å². The maximum Gasteiger partial charge on any atom is 0.410 e. The van der Waals surface area contributed by atoms with Gasteiger partial charge in [-0.25, -0.2) is 4.79 Å². The number of rotatable bonds is 5.